The van der Waals surface area contributed by atoms with Gasteiger partial charge in [0.15, 0.2) is 0 Å². The van der Waals surface area contributed by atoms with Crippen LogP contribution in [0.1, 0.15) is 12.5 Å². The van der Waals surface area contributed by atoms with Crippen molar-refractivity contribution in [3.05, 3.63) is 48.0 Å². The predicted octanol–water partition coefficient (Wildman–Crippen LogP) is 4.35. The van der Waals surface area contributed by atoms with Gasteiger partial charge >= 0.3 is 6.18 Å². The smallest absolute Gasteiger partial charge is 0.416 e. The minimum atomic E-state index is -4.39. The van der Waals surface area contributed by atoms with Gasteiger partial charge in [0.25, 0.3) is 0 Å². The standard InChI is InChI=1S/C15H14F3NO/c1-2-20-12-5-3-4-10(8-12)13-7-6-11(9-14(13)19)15(16,17)18/h3-9H,2,19H2,1H3. The molecule has 0 aliphatic heterocycles. The Kier molecular flexibility index (Phi) is 3.88. The maximum atomic E-state index is 12.6. The molecule has 0 fully saturated rings. The van der Waals surface area contributed by atoms with E-state index < -0.39 is 11.7 Å². The summed E-state index contributed by atoms with van der Waals surface area (Å²) >= 11 is 0. The number of anilines is 1. The molecule has 0 spiro atoms. The minimum Gasteiger partial charge on any atom is -0.494 e. The van der Waals surface area contributed by atoms with Crippen molar-refractivity contribution >= 4 is 5.69 Å². The van der Waals surface area contributed by atoms with Gasteiger partial charge in [-0.05, 0) is 36.8 Å². The highest BCUT2D eigenvalue weighted by atomic mass is 19.4. The largest absolute Gasteiger partial charge is 0.494 e. The summed E-state index contributed by atoms with van der Waals surface area (Å²) in [5.41, 5.74) is 6.35. The van der Waals surface area contributed by atoms with E-state index in [2.05, 4.69) is 0 Å². The molecule has 2 N–H and O–H groups in total. The van der Waals surface area contributed by atoms with Crippen molar-refractivity contribution in [2.24, 2.45) is 0 Å². The Morgan fingerprint density at radius 2 is 1.85 bits per heavy atom. The average molecular weight is 281 g/mol. The summed E-state index contributed by atoms with van der Waals surface area (Å²) in [5.74, 6) is 0.657. The number of halogens is 3. The molecule has 106 valence electrons. The number of alkyl halides is 3. The summed E-state index contributed by atoms with van der Waals surface area (Å²) in [5, 5.41) is 0. The number of hydrogen-bond acceptors (Lipinski definition) is 2. The summed E-state index contributed by atoms with van der Waals surface area (Å²) in [7, 11) is 0. The van der Waals surface area contributed by atoms with Crippen LogP contribution in [0.5, 0.6) is 5.75 Å². The van der Waals surface area contributed by atoms with Crippen molar-refractivity contribution in [1.82, 2.24) is 0 Å². The summed E-state index contributed by atoms with van der Waals surface area (Å²) in [6, 6.07) is 10.4. The topological polar surface area (TPSA) is 35.2 Å². The third-order valence-electron chi connectivity index (χ3n) is 2.83. The molecule has 0 aromatic heterocycles. The van der Waals surface area contributed by atoms with E-state index in [-0.39, 0.29) is 5.69 Å². The van der Waals surface area contributed by atoms with Gasteiger partial charge in [-0.3, -0.25) is 0 Å². The molecule has 0 atom stereocenters. The van der Waals surface area contributed by atoms with Crippen LogP contribution in [0.3, 0.4) is 0 Å². The second-order valence-electron chi connectivity index (χ2n) is 4.26. The van der Waals surface area contributed by atoms with E-state index in [1.807, 2.05) is 6.92 Å². The summed E-state index contributed by atoms with van der Waals surface area (Å²) in [6.45, 7) is 2.38. The zero-order valence-corrected chi connectivity index (χ0v) is 10.9. The average Bonchev–Trinajstić information content (AvgIpc) is 2.38. The van der Waals surface area contributed by atoms with Gasteiger partial charge in [0.2, 0.25) is 0 Å². The van der Waals surface area contributed by atoms with Crippen LogP contribution in [0.2, 0.25) is 0 Å². The van der Waals surface area contributed by atoms with E-state index in [1.165, 1.54) is 6.07 Å². The van der Waals surface area contributed by atoms with E-state index in [1.54, 1.807) is 24.3 Å². The van der Waals surface area contributed by atoms with Crippen LogP contribution in [0.4, 0.5) is 18.9 Å². The maximum absolute atomic E-state index is 12.6. The molecule has 0 amide bonds. The first-order valence-electron chi connectivity index (χ1n) is 6.11. The molecular formula is C15H14F3NO. The molecule has 0 unspecified atom stereocenters. The number of benzene rings is 2. The summed E-state index contributed by atoms with van der Waals surface area (Å²) in [4.78, 5) is 0. The summed E-state index contributed by atoms with van der Waals surface area (Å²) < 4.78 is 43.1. The van der Waals surface area contributed by atoms with Crippen LogP contribution in [0.15, 0.2) is 42.5 Å². The van der Waals surface area contributed by atoms with Gasteiger partial charge in [0, 0.05) is 11.3 Å². The fourth-order valence-electron chi connectivity index (χ4n) is 1.92. The molecule has 2 rings (SSSR count). The highest BCUT2D eigenvalue weighted by Crippen LogP contribution is 2.35. The second kappa shape index (κ2) is 5.45. The van der Waals surface area contributed by atoms with E-state index in [0.29, 0.717) is 17.9 Å². The first-order chi connectivity index (χ1) is 9.41. The number of rotatable bonds is 3. The summed E-state index contributed by atoms with van der Waals surface area (Å²) in [6.07, 6.45) is -4.39. The van der Waals surface area contributed by atoms with Gasteiger partial charge in [0.05, 0.1) is 12.2 Å². The number of ether oxygens (including phenoxy) is 1. The van der Waals surface area contributed by atoms with Crippen LogP contribution in [0, 0.1) is 0 Å². The Balaban J connectivity index is 2.41. The Labute approximate surface area is 115 Å². The molecule has 0 saturated carbocycles. The van der Waals surface area contributed by atoms with Gasteiger partial charge in [0.1, 0.15) is 5.75 Å². The first kappa shape index (κ1) is 14.2. The lowest BCUT2D eigenvalue weighted by Crippen LogP contribution is -2.06. The van der Waals surface area contributed by atoms with Crippen molar-refractivity contribution < 1.29 is 17.9 Å². The molecule has 2 aromatic carbocycles. The van der Waals surface area contributed by atoms with Crippen LogP contribution in [0.25, 0.3) is 11.1 Å². The van der Waals surface area contributed by atoms with Crippen LogP contribution in [-0.4, -0.2) is 6.61 Å². The number of nitrogen functional groups attached to an aromatic ring is 1. The molecule has 0 aliphatic carbocycles. The van der Waals surface area contributed by atoms with Gasteiger partial charge in [-0.25, -0.2) is 0 Å². The Bertz CT molecular complexity index is 608. The molecule has 0 bridgehead atoms. The second-order valence-corrected chi connectivity index (χ2v) is 4.26. The van der Waals surface area contributed by atoms with E-state index in [9.17, 15) is 13.2 Å². The van der Waals surface area contributed by atoms with Gasteiger partial charge in [-0.15, -0.1) is 0 Å². The minimum absolute atomic E-state index is 0.0912. The van der Waals surface area contributed by atoms with Crippen molar-refractivity contribution in [2.45, 2.75) is 13.1 Å². The van der Waals surface area contributed by atoms with Crippen molar-refractivity contribution in [2.75, 3.05) is 12.3 Å². The molecular weight excluding hydrogens is 267 g/mol. The molecule has 20 heavy (non-hydrogen) atoms. The molecule has 2 nitrogen and oxygen atoms in total. The van der Waals surface area contributed by atoms with Crippen LogP contribution >= 0.6 is 0 Å². The Morgan fingerprint density at radius 3 is 2.45 bits per heavy atom. The van der Waals surface area contributed by atoms with Crippen molar-refractivity contribution in [3.63, 3.8) is 0 Å². The highest BCUT2D eigenvalue weighted by molar-refractivity contribution is 5.77. The fourth-order valence-corrected chi connectivity index (χ4v) is 1.92. The number of hydrogen-bond donors (Lipinski definition) is 1. The van der Waals surface area contributed by atoms with Crippen molar-refractivity contribution in [1.29, 1.82) is 0 Å². The highest BCUT2D eigenvalue weighted by Gasteiger charge is 2.30. The molecule has 2 aromatic rings. The quantitative estimate of drug-likeness (QED) is 0.849. The lowest BCUT2D eigenvalue weighted by Gasteiger charge is -2.12. The molecule has 0 saturated heterocycles. The number of nitrogens with two attached hydrogens (primary N) is 1. The Hall–Kier alpha value is -2.17. The molecule has 5 heteroatoms. The fraction of sp³-hybridized carbons (Fsp3) is 0.200. The lowest BCUT2D eigenvalue weighted by molar-refractivity contribution is -0.137. The monoisotopic (exact) mass is 281 g/mol. The van der Waals surface area contributed by atoms with Gasteiger partial charge in [-0.2, -0.15) is 13.2 Å². The van der Waals surface area contributed by atoms with E-state index >= 15 is 0 Å². The van der Waals surface area contributed by atoms with Gasteiger partial charge < -0.3 is 10.5 Å². The predicted molar refractivity (Wildman–Crippen MR) is 72.5 cm³/mol. The lowest BCUT2D eigenvalue weighted by atomic mass is 10.0. The van der Waals surface area contributed by atoms with Gasteiger partial charge in [-0.1, -0.05) is 18.2 Å². The zero-order valence-electron chi connectivity index (χ0n) is 10.9. The molecule has 0 aliphatic rings. The van der Waals surface area contributed by atoms with Crippen LogP contribution in [-0.2, 0) is 6.18 Å². The van der Waals surface area contributed by atoms with E-state index in [0.717, 1.165) is 17.7 Å². The first-order valence-corrected chi connectivity index (χ1v) is 6.11. The third-order valence-corrected chi connectivity index (χ3v) is 2.83. The Morgan fingerprint density at radius 1 is 1.10 bits per heavy atom. The normalized spacial score (nSPS) is 11.4. The van der Waals surface area contributed by atoms with E-state index in [4.69, 9.17) is 10.5 Å². The SMILES string of the molecule is CCOc1cccc(-c2ccc(C(F)(F)F)cc2N)c1. The maximum Gasteiger partial charge on any atom is 0.416 e. The molecule has 0 heterocycles. The van der Waals surface area contributed by atoms with Crippen molar-refractivity contribution in [3.8, 4) is 16.9 Å². The molecule has 0 radical (unpaired) electrons. The van der Waals surface area contributed by atoms with Crippen LogP contribution < -0.4 is 10.5 Å². The zero-order chi connectivity index (χ0) is 14.8. The third kappa shape index (κ3) is 3.04.